The van der Waals surface area contributed by atoms with Gasteiger partial charge in [-0.25, -0.2) is 0 Å². The van der Waals surface area contributed by atoms with Gasteiger partial charge in [-0.3, -0.25) is 4.79 Å². The van der Waals surface area contributed by atoms with Crippen molar-refractivity contribution in [3.63, 3.8) is 0 Å². The van der Waals surface area contributed by atoms with Crippen LogP contribution >= 0.6 is 11.6 Å². The van der Waals surface area contributed by atoms with Gasteiger partial charge in [-0.2, -0.15) is 0 Å². The van der Waals surface area contributed by atoms with Gasteiger partial charge in [-0.05, 0) is 18.2 Å². The molecular formula is C10H11ClN2O2. The number of rotatable bonds is 1. The van der Waals surface area contributed by atoms with Crippen molar-refractivity contribution in [2.24, 2.45) is 0 Å². The van der Waals surface area contributed by atoms with Crippen LogP contribution in [0.15, 0.2) is 18.2 Å². The number of carbonyl (C=O) groups is 1. The van der Waals surface area contributed by atoms with E-state index in [0.717, 1.165) is 0 Å². The molecule has 1 saturated heterocycles. The Morgan fingerprint density at radius 1 is 1.47 bits per heavy atom. The van der Waals surface area contributed by atoms with Crippen LogP contribution in [-0.2, 0) is 9.53 Å². The van der Waals surface area contributed by atoms with Crippen LogP contribution < -0.4 is 10.6 Å². The average Bonchev–Trinajstić information content (AvgIpc) is 2.23. The molecule has 4 nitrogen and oxygen atoms in total. The van der Waals surface area contributed by atoms with Crippen molar-refractivity contribution in [2.45, 2.75) is 0 Å². The zero-order chi connectivity index (χ0) is 10.8. The molecule has 0 bridgehead atoms. The number of morpholine rings is 1. The van der Waals surface area contributed by atoms with Crippen LogP contribution in [-0.4, -0.2) is 25.7 Å². The summed E-state index contributed by atoms with van der Waals surface area (Å²) < 4.78 is 5.04. The average molecular weight is 227 g/mol. The van der Waals surface area contributed by atoms with Crippen molar-refractivity contribution >= 4 is 28.9 Å². The number of nitrogens with zero attached hydrogens (tertiary/aromatic N) is 1. The standard InChI is InChI=1S/C10H11ClN2O2/c11-8-2-1-7(12)5-9(8)13-3-4-15-6-10(13)14/h1-2,5H,3-4,6,12H2. The lowest BCUT2D eigenvalue weighted by Crippen LogP contribution is -2.41. The van der Waals surface area contributed by atoms with Gasteiger partial charge in [0.05, 0.1) is 17.3 Å². The lowest BCUT2D eigenvalue weighted by atomic mass is 10.2. The second-order valence-corrected chi connectivity index (χ2v) is 3.72. The van der Waals surface area contributed by atoms with Gasteiger partial charge in [0.15, 0.2) is 0 Å². The van der Waals surface area contributed by atoms with Crippen molar-refractivity contribution in [2.75, 3.05) is 30.4 Å². The first kappa shape index (κ1) is 10.3. The van der Waals surface area contributed by atoms with Crippen molar-refractivity contribution in [3.8, 4) is 0 Å². The van der Waals surface area contributed by atoms with Gasteiger partial charge in [-0.1, -0.05) is 11.6 Å². The fourth-order valence-corrected chi connectivity index (χ4v) is 1.73. The molecule has 0 unspecified atom stereocenters. The summed E-state index contributed by atoms with van der Waals surface area (Å²) >= 11 is 6.00. The van der Waals surface area contributed by atoms with Gasteiger partial charge in [0.2, 0.25) is 0 Å². The number of nitrogen functional groups attached to an aromatic ring is 1. The third-order valence-corrected chi connectivity index (χ3v) is 2.57. The number of nitrogens with two attached hydrogens (primary N) is 1. The molecule has 0 radical (unpaired) electrons. The lowest BCUT2D eigenvalue weighted by molar-refractivity contribution is -0.125. The number of anilines is 2. The van der Waals surface area contributed by atoms with Gasteiger partial charge in [0.1, 0.15) is 6.61 Å². The molecule has 2 rings (SSSR count). The van der Waals surface area contributed by atoms with Gasteiger partial charge < -0.3 is 15.4 Å². The molecule has 1 aromatic carbocycles. The Kier molecular flexibility index (Phi) is 2.79. The van der Waals surface area contributed by atoms with Crippen LogP contribution in [0.1, 0.15) is 0 Å². The largest absolute Gasteiger partial charge is 0.399 e. The highest BCUT2D eigenvalue weighted by Crippen LogP contribution is 2.28. The van der Waals surface area contributed by atoms with Crippen molar-refractivity contribution in [3.05, 3.63) is 23.2 Å². The monoisotopic (exact) mass is 226 g/mol. The summed E-state index contributed by atoms with van der Waals surface area (Å²) in [5.41, 5.74) is 6.90. The van der Waals surface area contributed by atoms with Gasteiger partial charge in [-0.15, -0.1) is 0 Å². The molecule has 0 saturated carbocycles. The van der Waals surface area contributed by atoms with Crippen LogP contribution in [0.25, 0.3) is 0 Å². The summed E-state index contributed by atoms with van der Waals surface area (Å²) in [6, 6.07) is 5.09. The SMILES string of the molecule is Nc1ccc(Cl)c(N2CCOCC2=O)c1. The summed E-state index contributed by atoms with van der Waals surface area (Å²) in [4.78, 5) is 13.2. The highest BCUT2D eigenvalue weighted by Gasteiger charge is 2.22. The molecule has 1 aromatic rings. The number of amides is 1. The summed E-state index contributed by atoms with van der Waals surface area (Å²) in [5, 5.41) is 0.527. The van der Waals surface area contributed by atoms with E-state index in [1.54, 1.807) is 23.1 Å². The van der Waals surface area contributed by atoms with E-state index in [1.165, 1.54) is 0 Å². The highest BCUT2D eigenvalue weighted by molar-refractivity contribution is 6.34. The minimum atomic E-state index is -0.0891. The predicted octanol–water partition coefficient (Wildman–Crippen LogP) is 1.29. The van der Waals surface area contributed by atoms with Crippen molar-refractivity contribution < 1.29 is 9.53 Å². The maximum absolute atomic E-state index is 11.6. The highest BCUT2D eigenvalue weighted by atomic mass is 35.5. The van der Waals surface area contributed by atoms with E-state index in [9.17, 15) is 4.79 Å². The Bertz CT molecular complexity index is 395. The molecule has 15 heavy (non-hydrogen) atoms. The van der Waals surface area contributed by atoms with Crippen LogP contribution in [0, 0.1) is 0 Å². The minimum Gasteiger partial charge on any atom is -0.399 e. The van der Waals surface area contributed by atoms with E-state index in [-0.39, 0.29) is 12.5 Å². The molecule has 0 aliphatic carbocycles. The number of carbonyl (C=O) groups excluding carboxylic acids is 1. The second-order valence-electron chi connectivity index (χ2n) is 3.31. The van der Waals surface area contributed by atoms with Crippen LogP contribution in [0.5, 0.6) is 0 Å². The molecule has 0 atom stereocenters. The zero-order valence-corrected chi connectivity index (χ0v) is 8.83. The molecule has 5 heteroatoms. The third kappa shape index (κ3) is 2.06. The quantitative estimate of drug-likeness (QED) is 0.734. The number of hydrogen-bond acceptors (Lipinski definition) is 3. The Morgan fingerprint density at radius 3 is 3.00 bits per heavy atom. The van der Waals surface area contributed by atoms with E-state index in [2.05, 4.69) is 0 Å². The Labute approximate surface area is 92.6 Å². The molecule has 1 amide bonds. The summed E-state index contributed by atoms with van der Waals surface area (Å²) in [7, 11) is 0. The predicted molar refractivity (Wildman–Crippen MR) is 59.0 cm³/mol. The maximum atomic E-state index is 11.6. The third-order valence-electron chi connectivity index (χ3n) is 2.25. The van der Waals surface area contributed by atoms with Gasteiger partial charge >= 0.3 is 0 Å². The normalized spacial score (nSPS) is 16.9. The van der Waals surface area contributed by atoms with Gasteiger partial charge in [0.25, 0.3) is 5.91 Å². The van der Waals surface area contributed by atoms with E-state index < -0.39 is 0 Å². The molecule has 1 aliphatic heterocycles. The van der Waals surface area contributed by atoms with Gasteiger partial charge in [0, 0.05) is 12.2 Å². The van der Waals surface area contributed by atoms with E-state index in [4.69, 9.17) is 22.1 Å². The molecular weight excluding hydrogens is 216 g/mol. The van der Waals surface area contributed by atoms with Crippen LogP contribution in [0.4, 0.5) is 11.4 Å². The van der Waals surface area contributed by atoms with E-state index in [1.807, 2.05) is 0 Å². The minimum absolute atomic E-state index is 0.0891. The van der Waals surface area contributed by atoms with Crippen molar-refractivity contribution in [1.82, 2.24) is 0 Å². The Balaban J connectivity index is 2.34. The Morgan fingerprint density at radius 2 is 2.27 bits per heavy atom. The summed E-state index contributed by atoms with van der Waals surface area (Å²) in [6.45, 7) is 1.14. The number of ether oxygens (including phenoxy) is 1. The number of hydrogen-bond donors (Lipinski definition) is 1. The zero-order valence-electron chi connectivity index (χ0n) is 8.07. The van der Waals surface area contributed by atoms with Crippen LogP contribution in [0.3, 0.4) is 0 Å². The molecule has 0 spiro atoms. The molecule has 2 N–H and O–H groups in total. The topological polar surface area (TPSA) is 55.6 Å². The maximum Gasteiger partial charge on any atom is 0.253 e. The summed E-state index contributed by atoms with van der Waals surface area (Å²) in [5.74, 6) is -0.0891. The van der Waals surface area contributed by atoms with Crippen molar-refractivity contribution in [1.29, 1.82) is 0 Å². The number of benzene rings is 1. The Hall–Kier alpha value is -1.26. The fourth-order valence-electron chi connectivity index (χ4n) is 1.51. The lowest BCUT2D eigenvalue weighted by Gasteiger charge is -2.27. The number of halogens is 1. The molecule has 0 aromatic heterocycles. The first-order chi connectivity index (χ1) is 7.18. The first-order valence-electron chi connectivity index (χ1n) is 4.61. The second kappa shape index (κ2) is 4.08. The molecule has 1 heterocycles. The first-order valence-corrected chi connectivity index (χ1v) is 4.99. The molecule has 1 aliphatic rings. The summed E-state index contributed by atoms with van der Waals surface area (Å²) in [6.07, 6.45) is 0. The molecule has 1 fully saturated rings. The molecule has 80 valence electrons. The fraction of sp³-hybridized carbons (Fsp3) is 0.300. The smallest absolute Gasteiger partial charge is 0.253 e. The van der Waals surface area contributed by atoms with E-state index in [0.29, 0.717) is 29.5 Å². The van der Waals surface area contributed by atoms with E-state index >= 15 is 0 Å². The van der Waals surface area contributed by atoms with Crippen LogP contribution in [0.2, 0.25) is 5.02 Å².